The van der Waals surface area contributed by atoms with E-state index in [9.17, 15) is 14.4 Å². The number of nitrogens with one attached hydrogen (secondary N) is 1. The van der Waals surface area contributed by atoms with Crippen molar-refractivity contribution in [2.24, 2.45) is 11.8 Å². The number of hydrogen-bond donors (Lipinski definition) is 1. The van der Waals surface area contributed by atoms with Crippen molar-refractivity contribution in [3.8, 4) is 17.2 Å². The number of imidazole rings is 1. The van der Waals surface area contributed by atoms with E-state index >= 15 is 9.18 Å². The smallest absolute Gasteiger partial charge is 0.226 e. The molecular weight excluding hydrogens is 907 g/mol. The Balaban J connectivity index is 1.11. The molecule has 0 spiro atoms. The molecule has 0 radical (unpaired) electrons. The van der Waals surface area contributed by atoms with Gasteiger partial charge in [-0.2, -0.15) is 0 Å². The highest BCUT2D eigenvalue weighted by atomic mass is 35.5. The molecule has 8 rings (SSSR count). The summed E-state index contributed by atoms with van der Waals surface area (Å²) >= 11 is 12.7. The summed E-state index contributed by atoms with van der Waals surface area (Å²) in [6, 6.07) is 25.6. The highest BCUT2D eigenvalue weighted by Crippen LogP contribution is 2.35. The van der Waals surface area contributed by atoms with Crippen LogP contribution in [0.25, 0.3) is 5.69 Å². The molecule has 1 N–H and O–H groups in total. The zero-order valence-corrected chi connectivity index (χ0v) is 40.4. The molecule has 4 aromatic carbocycles. The van der Waals surface area contributed by atoms with Crippen LogP contribution in [0.15, 0.2) is 97.3 Å². The number of amides is 3. The van der Waals surface area contributed by atoms with Crippen molar-refractivity contribution in [2.75, 3.05) is 39.9 Å². The predicted octanol–water partition coefficient (Wildman–Crippen LogP) is 8.94. The first kappa shape index (κ1) is 48.8. The van der Waals surface area contributed by atoms with Crippen LogP contribution >= 0.6 is 23.2 Å². The molecule has 68 heavy (non-hydrogen) atoms. The molecule has 3 aliphatic heterocycles. The van der Waals surface area contributed by atoms with Gasteiger partial charge in [-0.15, -0.1) is 0 Å². The normalized spacial score (nSPS) is 22.1. The van der Waals surface area contributed by atoms with Crippen LogP contribution < -0.4 is 10.1 Å². The number of rotatable bonds is 13. The first-order valence-electron chi connectivity index (χ1n) is 23.5. The van der Waals surface area contributed by atoms with E-state index in [1.54, 1.807) is 36.1 Å². The Hall–Kier alpha value is -5.60. The van der Waals surface area contributed by atoms with Gasteiger partial charge in [0.05, 0.1) is 48.6 Å². The molecular formula is C53H59Cl2FN6O6. The van der Waals surface area contributed by atoms with Gasteiger partial charge >= 0.3 is 0 Å². The van der Waals surface area contributed by atoms with Gasteiger partial charge in [-0.3, -0.25) is 24.1 Å². The number of aromatic nitrogens is 2. The van der Waals surface area contributed by atoms with Gasteiger partial charge in [0.15, 0.2) is 5.78 Å². The Morgan fingerprint density at radius 1 is 0.838 bits per heavy atom. The molecule has 4 atom stereocenters. The second kappa shape index (κ2) is 21.8. The highest BCUT2D eigenvalue weighted by Gasteiger charge is 2.43. The molecule has 0 aliphatic carbocycles. The molecule has 3 aliphatic rings. The van der Waals surface area contributed by atoms with Crippen LogP contribution in [0.4, 0.5) is 4.39 Å². The van der Waals surface area contributed by atoms with Crippen molar-refractivity contribution >= 4 is 46.7 Å². The van der Waals surface area contributed by atoms with E-state index in [1.807, 2.05) is 72.4 Å². The fourth-order valence-electron chi connectivity index (χ4n) is 9.97. The number of Topliss-reactive ketones (excluding diaryl/α,β-unsaturated/α-hetero) is 1. The molecule has 5 aromatic rings. The Labute approximate surface area is 407 Å². The van der Waals surface area contributed by atoms with Crippen LogP contribution in [-0.4, -0.2) is 99.2 Å². The predicted molar refractivity (Wildman–Crippen MR) is 259 cm³/mol. The van der Waals surface area contributed by atoms with Gasteiger partial charge in [0.2, 0.25) is 17.7 Å². The van der Waals surface area contributed by atoms with Crippen LogP contribution in [0.2, 0.25) is 10.0 Å². The van der Waals surface area contributed by atoms with Crippen LogP contribution in [0.3, 0.4) is 0 Å². The molecule has 4 heterocycles. The number of piperidine rings is 1. The lowest BCUT2D eigenvalue weighted by atomic mass is 9.81. The van der Waals surface area contributed by atoms with E-state index in [-0.39, 0.29) is 54.7 Å². The average molecular weight is 966 g/mol. The number of hydrogen-bond acceptors (Lipinski definition) is 8. The second-order valence-corrected chi connectivity index (χ2v) is 19.5. The lowest BCUT2D eigenvalue weighted by molar-refractivity contribution is -0.147. The summed E-state index contributed by atoms with van der Waals surface area (Å²) in [4.78, 5) is 69.1. The number of fused-ring (bicyclic) bond motifs is 2. The molecule has 358 valence electrons. The SMILES string of the molecule is COC[C@@H]1CC(=O)[C@H](C)N(Cc2c(F)cc(Cl)cc2Oc2ccc(-n3cnc(CN4CCCC4)c3C)cc2)C(=O)C[C@@H](Cc2ccccc2)C(=O)N2CCC[C@@](Cc3ccc(Cl)cc3)(C2)NC1=O. The van der Waals surface area contributed by atoms with Crippen molar-refractivity contribution in [1.82, 2.24) is 29.6 Å². The van der Waals surface area contributed by atoms with Crippen molar-refractivity contribution in [1.29, 1.82) is 0 Å². The van der Waals surface area contributed by atoms with E-state index in [4.69, 9.17) is 37.7 Å². The minimum Gasteiger partial charge on any atom is -0.457 e. The number of methoxy groups -OCH3 is 1. The third-order valence-electron chi connectivity index (χ3n) is 13.7. The lowest BCUT2D eigenvalue weighted by Gasteiger charge is -2.45. The van der Waals surface area contributed by atoms with Gasteiger partial charge in [-0.1, -0.05) is 65.7 Å². The van der Waals surface area contributed by atoms with Crippen molar-refractivity contribution < 1.29 is 33.0 Å². The van der Waals surface area contributed by atoms with E-state index < -0.39 is 53.4 Å². The third-order valence-corrected chi connectivity index (χ3v) is 14.2. The fraction of sp³-hybridized carbons (Fsp3) is 0.415. The van der Waals surface area contributed by atoms with E-state index in [0.29, 0.717) is 36.6 Å². The van der Waals surface area contributed by atoms with Crippen molar-refractivity contribution in [3.05, 3.63) is 141 Å². The largest absolute Gasteiger partial charge is 0.457 e. The third kappa shape index (κ3) is 11.6. The molecule has 3 amide bonds. The summed E-state index contributed by atoms with van der Waals surface area (Å²) in [6.07, 6.45) is 5.50. The summed E-state index contributed by atoms with van der Waals surface area (Å²) in [5.74, 6) is -3.68. The maximum atomic E-state index is 16.4. The van der Waals surface area contributed by atoms with Gasteiger partial charge in [0, 0.05) is 66.6 Å². The van der Waals surface area contributed by atoms with Crippen molar-refractivity contribution in [2.45, 2.75) is 89.9 Å². The van der Waals surface area contributed by atoms with Gasteiger partial charge in [-0.25, -0.2) is 9.37 Å². The number of likely N-dealkylation sites (tertiary alicyclic amines) is 1. The molecule has 1 aromatic heterocycles. The topological polar surface area (TPSA) is 126 Å². The maximum absolute atomic E-state index is 16.4. The quantitative estimate of drug-likeness (QED) is 0.124. The van der Waals surface area contributed by atoms with Crippen LogP contribution in [0.5, 0.6) is 11.5 Å². The number of carbonyl (C=O) groups excluding carboxylic acids is 4. The zero-order chi connectivity index (χ0) is 48.0. The van der Waals surface area contributed by atoms with Crippen LogP contribution in [0, 0.1) is 24.6 Å². The summed E-state index contributed by atoms with van der Waals surface area (Å²) < 4.78 is 30.3. The van der Waals surface area contributed by atoms with E-state index in [2.05, 4.69) is 10.2 Å². The van der Waals surface area contributed by atoms with Gasteiger partial charge in [-0.05, 0) is 125 Å². The van der Waals surface area contributed by atoms with Crippen LogP contribution in [-0.2, 0) is 49.8 Å². The number of ketones is 1. The minimum absolute atomic E-state index is 0.00950. The lowest BCUT2D eigenvalue weighted by Crippen LogP contribution is -2.63. The molecule has 3 saturated heterocycles. The Morgan fingerprint density at radius 2 is 1.57 bits per heavy atom. The molecule has 15 heteroatoms. The Morgan fingerprint density at radius 3 is 2.29 bits per heavy atom. The number of ether oxygens (including phenoxy) is 2. The molecule has 2 bridgehead atoms. The summed E-state index contributed by atoms with van der Waals surface area (Å²) in [6.45, 7) is 6.71. The summed E-state index contributed by atoms with van der Waals surface area (Å²) in [5.41, 5.74) is 3.81. The minimum atomic E-state index is -1.15. The summed E-state index contributed by atoms with van der Waals surface area (Å²) in [5, 5.41) is 3.95. The summed E-state index contributed by atoms with van der Waals surface area (Å²) in [7, 11) is 1.46. The maximum Gasteiger partial charge on any atom is 0.226 e. The van der Waals surface area contributed by atoms with Gasteiger partial charge in [0.1, 0.15) is 17.3 Å². The van der Waals surface area contributed by atoms with Gasteiger partial charge < -0.3 is 29.2 Å². The first-order valence-corrected chi connectivity index (χ1v) is 24.3. The fourth-order valence-corrected chi connectivity index (χ4v) is 10.3. The Kier molecular flexibility index (Phi) is 15.6. The first-order chi connectivity index (χ1) is 32.8. The van der Waals surface area contributed by atoms with E-state index in [1.165, 1.54) is 30.9 Å². The number of benzene rings is 4. The molecule has 0 saturated carbocycles. The van der Waals surface area contributed by atoms with Crippen LogP contribution in [0.1, 0.15) is 73.5 Å². The second-order valence-electron chi connectivity index (χ2n) is 18.6. The van der Waals surface area contributed by atoms with Gasteiger partial charge in [0.25, 0.3) is 0 Å². The average Bonchev–Trinajstić information content (AvgIpc) is 3.98. The standard InChI is InChI=1S/C53H59Cl2FN6O6/c1-35-47(31-59-21-7-8-22-59)57-34-62(35)43-16-18-44(19-17-43)68-49-28-42(55)27-46(56)45(49)30-61-36(2)48(63)25-40(32-67-3)51(65)58-53(29-38-12-14-41(54)15-13-38)20-9-23-60(33-53)52(66)39(26-50(61)64)24-37-10-5-4-6-11-37/h4-6,10-19,27-28,34,36,39-40H,7-9,20-26,29-33H2,1-3H3,(H,58,65)/t36-,39+,40-,53+/m0/s1. The highest BCUT2D eigenvalue weighted by molar-refractivity contribution is 6.31. The monoisotopic (exact) mass is 964 g/mol. The number of halogens is 3. The molecule has 3 fully saturated rings. The van der Waals surface area contributed by atoms with E-state index in [0.717, 1.165) is 53.9 Å². The molecule has 12 nitrogen and oxygen atoms in total. The molecule has 0 unspecified atom stereocenters. The van der Waals surface area contributed by atoms with Crippen molar-refractivity contribution in [3.63, 3.8) is 0 Å². The number of carbonyl (C=O) groups is 4. The Bertz CT molecular complexity index is 2590. The number of nitrogens with zero attached hydrogens (tertiary/aromatic N) is 5. The zero-order valence-electron chi connectivity index (χ0n) is 38.9.